The van der Waals surface area contributed by atoms with Gasteiger partial charge in [0.2, 0.25) is 10.0 Å². The van der Waals surface area contributed by atoms with E-state index in [1.54, 1.807) is 32.4 Å². The van der Waals surface area contributed by atoms with Crippen LogP contribution >= 0.6 is 0 Å². The van der Waals surface area contributed by atoms with E-state index in [4.69, 9.17) is 9.47 Å². The van der Waals surface area contributed by atoms with Gasteiger partial charge in [-0.25, -0.2) is 17.7 Å². The molecule has 0 saturated carbocycles. The Balaban J connectivity index is 2.29. The molecule has 2 rings (SSSR count). The molecule has 9 heteroatoms. The van der Waals surface area contributed by atoms with Gasteiger partial charge in [0, 0.05) is 45.9 Å². The number of guanidine groups is 1. The van der Waals surface area contributed by atoms with Gasteiger partial charge in [0.25, 0.3) is 0 Å². The molecule has 0 atom stereocenters. The van der Waals surface area contributed by atoms with Crippen LogP contribution in [0.4, 0.5) is 0 Å². The average Bonchev–Trinajstić information content (AvgIpc) is 2.76. The van der Waals surface area contributed by atoms with Gasteiger partial charge in [-0.15, -0.1) is 0 Å². The SMILES string of the molecule is CCNC(=NCc1ccccc1S(=O)(=O)N(C)C)N(C)Cc1ccc(OC)cc1OC. The van der Waals surface area contributed by atoms with Gasteiger partial charge >= 0.3 is 0 Å². The van der Waals surface area contributed by atoms with E-state index < -0.39 is 10.0 Å². The van der Waals surface area contributed by atoms with Crippen LogP contribution in [-0.4, -0.2) is 65.5 Å². The van der Waals surface area contributed by atoms with Crippen LogP contribution in [0.25, 0.3) is 0 Å². The molecule has 8 nitrogen and oxygen atoms in total. The molecule has 0 aliphatic carbocycles. The average molecular weight is 449 g/mol. The van der Waals surface area contributed by atoms with Gasteiger partial charge in [-0.2, -0.15) is 0 Å². The Morgan fingerprint density at radius 3 is 2.35 bits per heavy atom. The second kappa shape index (κ2) is 11.0. The summed E-state index contributed by atoms with van der Waals surface area (Å²) in [5.41, 5.74) is 1.62. The maximum absolute atomic E-state index is 12.6. The van der Waals surface area contributed by atoms with Crippen LogP contribution in [0.2, 0.25) is 0 Å². The minimum atomic E-state index is -3.55. The summed E-state index contributed by atoms with van der Waals surface area (Å²) in [4.78, 5) is 6.92. The number of nitrogens with zero attached hydrogens (tertiary/aromatic N) is 3. The Hall–Kier alpha value is -2.78. The van der Waals surface area contributed by atoms with Crippen LogP contribution in [0.15, 0.2) is 52.4 Å². The first-order valence-corrected chi connectivity index (χ1v) is 11.4. The van der Waals surface area contributed by atoms with Crippen molar-refractivity contribution in [2.45, 2.75) is 24.9 Å². The van der Waals surface area contributed by atoms with Gasteiger partial charge in [-0.05, 0) is 30.7 Å². The van der Waals surface area contributed by atoms with Crippen molar-refractivity contribution < 1.29 is 17.9 Å². The summed E-state index contributed by atoms with van der Waals surface area (Å²) in [5, 5.41) is 3.26. The highest BCUT2D eigenvalue weighted by Gasteiger charge is 2.20. The van der Waals surface area contributed by atoms with Crippen molar-refractivity contribution in [3.8, 4) is 11.5 Å². The molecule has 1 N–H and O–H groups in total. The topological polar surface area (TPSA) is 83.5 Å². The van der Waals surface area contributed by atoms with Crippen molar-refractivity contribution in [1.29, 1.82) is 0 Å². The second-order valence-corrected chi connectivity index (χ2v) is 9.22. The number of aliphatic imine (C=N–C) groups is 1. The maximum Gasteiger partial charge on any atom is 0.242 e. The standard InChI is InChI=1S/C22H32N4O4S/c1-7-23-22(26(4)16-18-12-13-19(29-5)14-20(18)30-6)24-15-17-10-8-9-11-21(17)31(27,28)25(2)3/h8-14H,7,15-16H2,1-6H3,(H,23,24). The van der Waals surface area contributed by atoms with E-state index in [9.17, 15) is 8.42 Å². The molecule has 31 heavy (non-hydrogen) atoms. The Bertz CT molecular complexity index is 1010. The summed E-state index contributed by atoms with van der Waals surface area (Å²) in [6.45, 7) is 3.45. The predicted molar refractivity (Wildman–Crippen MR) is 123 cm³/mol. The van der Waals surface area contributed by atoms with Crippen molar-refractivity contribution >= 4 is 16.0 Å². The lowest BCUT2D eigenvalue weighted by atomic mass is 10.2. The van der Waals surface area contributed by atoms with E-state index in [-0.39, 0.29) is 11.4 Å². The summed E-state index contributed by atoms with van der Waals surface area (Å²) in [5.74, 6) is 2.12. The fourth-order valence-corrected chi connectivity index (χ4v) is 4.13. The quantitative estimate of drug-likeness (QED) is 0.469. The Labute approximate surface area is 185 Å². The summed E-state index contributed by atoms with van der Waals surface area (Å²) in [6.07, 6.45) is 0. The van der Waals surface area contributed by atoms with Gasteiger partial charge in [-0.1, -0.05) is 18.2 Å². The lowest BCUT2D eigenvalue weighted by Gasteiger charge is -2.23. The molecule has 0 aliphatic heterocycles. The van der Waals surface area contributed by atoms with Crippen LogP contribution < -0.4 is 14.8 Å². The molecule has 0 fully saturated rings. The molecule has 2 aromatic carbocycles. The monoisotopic (exact) mass is 448 g/mol. The highest BCUT2D eigenvalue weighted by molar-refractivity contribution is 7.89. The van der Waals surface area contributed by atoms with Crippen molar-refractivity contribution in [2.75, 3.05) is 41.9 Å². The Kier molecular flexibility index (Phi) is 8.70. The van der Waals surface area contributed by atoms with E-state index >= 15 is 0 Å². The van der Waals surface area contributed by atoms with E-state index in [0.29, 0.717) is 24.6 Å². The third kappa shape index (κ3) is 6.11. The normalized spacial score (nSPS) is 12.0. The van der Waals surface area contributed by atoms with Crippen molar-refractivity contribution in [2.24, 2.45) is 4.99 Å². The molecule has 0 unspecified atom stereocenters. The smallest absolute Gasteiger partial charge is 0.242 e. The number of rotatable bonds is 9. The molecule has 0 spiro atoms. The predicted octanol–water partition coefficient (Wildman–Crippen LogP) is 2.55. The third-order valence-corrected chi connectivity index (χ3v) is 6.64. The molecule has 2 aromatic rings. The lowest BCUT2D eigenvalue weighted by Crippen LogP contribution is -2.38. The lowest BCUT2D eigenvalue weighted by molar-refractivity contribution is 0.382. The summed E-state index contributed by atoms with van der Waals surface area (Å²) in [6, 6.07) is 12.6. The van der Waals surface area contributed by atoms with E-state index in [1.807, 2.05) is 43.1 Å². The first-order chi connectivity index (χ1) is 14.7. The first kappa shape index (κ1) is 24.5. The highest BCUT2D eigenvalue weighted by Crippen LogP contribution is 2.25. The molecule has 0 bridgehead atoms. The van der Waals surface area contributed by atoms with Crippen LogP contribution in [0, 0.1) is 0 Å². The zero-order valence-electron chi connectivity index (χ0n) is 19.0. The van der Waals surface area contributed by atoms with Crippen molar-refractivity contribution in [3.05, 3.63) is 53.6 Å². The van der Waals surface area contributed by atoms with E-state index in [1.165, 1.54) is 18.4 Å². The molecule has 0 saturated heterocycles. The number of sulfonamides is 1. The number of hydrogen-bond acceptors (Lipinski definition) is 5. The molecule has 170 valence electrons. The Morgan fingerprint density at radius 2 is 1.74 bits per heavy atom. The van der Waals surface area contributed by atoms with Crippen LogP contribution in [-0.2, 0) is 23.1 Å². The van der Waals surface area contributed by atoms with Gasteiger partial charge in [0.15, 0.2) is 5.96 Å². The van der Waals surface area contributed by atoms with Gasteiger partial charge in [-0.3, -0.25) is 0 Å². The van der Waals surface area contributed by atoms with Crippen LogP contribution in [0.5, 0.6) is 11.5 Å². The Morgan fingerprint density at radius 1 is 1.03 bits per heavy atom. The third-order valence-electron chi connectivity index (χ3n) is 4.73. The second-order valence-electron chi connectivity index (χ2n) is 7.10. The van der Waals surface area contributed by atoms with Gasteiger partial charge < -0.3 is 19.7 Å². The minimum absolute atomic E-state index is 0.232. The summed E-state index contributed by atoms with van der Waals surface area (Å²) in [7, 11) is 4.66. The highest BCUT2D eigenvalue weighted by atomic mass is 32.2. The molecular weight excluding hydrogens is 416 g/mol. The van der Waals surface area contributed by atoms with E-state index in [2.05, 4.69) is 10.3 Å². The van der Waals surface area contributed by atoms with Gasteiger partial charge in [0.1, 0.15) is 11.5 Å². The minimum Gasteiger partial charge on any atom is -0.497 e. The number of ether oxygens (including phenoxy) is 2. The fourth-order valence-electron chi connectivity index (χ4n) is 3.03. The molecular formula is C22H32N4O4S. The zero-order chi connectivity index (χ0) is 23.0. The molecule has 0 amide bonds. The molecule has 0 heterocycles. The maximum atomic E-state index is 12.6. The largest absolute Gasteiger partial charge is 0.497 e. The van der Waals surface area contributed by atoms with Crippen molar-refractivity contribution in [1.82, 2.24) is 14.5 Å². The number of methoxy groups -OCH3 is 2. The number of nitrogens with one attached hydrogen (secondary N) is 1. The zero-order valence-corrected chi connectivity index (χ0v) is 19.9. The molecule has 0 radical (unpaired) electrons. The van der Waals surface area contributed by atoms with Crippen molar-refractivity contribution in [3.63, 3.8) is 0 Å². The van der Waals surface area contributed by atoms with Gasteiger partial charge in [0.05, 0.1) is 25.7 Å². The molecule has 0 aliphatic rings. The molecule has 0 aromatic heterocycles. The van der Waals surface area contributed by atoms with Crippen LogP contribution in [0.3, 0.4) is 0 Å². The summed E-state index contributed by atoms with van der Waals surface area (Å²) >= 11 is 0. The summed E-state index contributed by atoms with van der Waals surface area (Å²) < 4.78 is 37.3. The first-order valence-electron chi connectivity index (χ1n) is 9.95. The van der Waals surface area contributed by atoms with Crippen LogP contribution in [0.1, 0.15) is 18.1 Å². The van der Waals surface area contributed by atoms with E-state index in [0.717, 1.165) is 17.1 Å². The number of benzene rings is 2. The fraction of sp³-hybridized carbons (Fsp3) is 0.409. The number of hydrogen-bond donors (Lipinski definition) is 1.